The van der Waals surface area contributed by atoms with E-state index in [1.165, 1.54) is 24.3 Å². The molecule has 1 aromatic carbocycles. The molecule has 5 rings (SSSR count). The third kappa shape index (κ3) is 5.42. The topological polar surface area (TPSA) is 94.8 Å². The van der Waals surface area contributed by atoms with Gasteiger partial charge in [0, 0.05) is 35.0 Å². The number of benzene rings is 1. The largest absolute Gasteiger partial charge is 0.449 e. The Kier molecular flexibility index (Phi) is 7.35. The van der Waals surface area contributed by atoms with Gasteiger partial charge in [-0.25, -0.2) is 4.79 Å². The van der Waals surface area contributed by atoms with E-state index in [2.05, 4.69) is 4.98 Å². The maximum absolute atomic E-state index is 14.2. The van der Waals surface area contributed by atoms with Gasteiger partial charge >= 0.3 is 12.3 Å². The Morgan fingerprint density at radius 3 is 2.15 bits per heavy atom. The standard InChI is InChI=1S/C30H36F3N3O4/c1-27(2)16-17-29(40-27,30(31,32)33)21-8-6-20(7-9-21)25(37)36(22-10-11-22)23-12-14-28(15-13-23,19-39-26(34)38)24-5-3-4-18-35-24/h3-9,18,22-23H,10-17,19H2,1-2H3,(H2,34,38). The SMILES string of the molecule is CC1(C)CCC(c2ccc(C(=O)N(C3CC3)C3CCC(COC(N)=O)(c4ccccn4)CC3)cc2)(C(F)(F)F)O1. The number of hydrogen-bond donors (Lipinski definition) is 1. The summed E-state index contributed by atoms with van der Waals surface area (Å²) >= 11 is 0. The Hall–Kier alpha value is -3.14. The predicted molar refractivity (Wildman–Crippen MR) is 141 cm³/mol. The smallest absolute Gasteiger partial charge is 0.421 e. The van der Waals surface area contributed by atoms with Crippen molar-refractivity contribution < 1.29 is 32.2 Å². The van der Waals surface area contributed by atoms with Gasteiger partial charge in [-0.05, 0) is 95.0 Å². The summed E-state index contributed by atoms with van der Waals surface area (Å²) in [4.78, 5) is 31.6. The molecule has 2 N–H and O–H groups in total. The molecule has 2 saturated carbocycles. The fraction of sp³-hybridized carbons (Fsp3) is 0.567. The third-order valence-corrected chi connectivity index (χ3v) is 8.77. The van der Waals surface area contributed by atoms with Gasteiger partial charge < -0.3 is 20.1 Å². The molecular weight excluding hydrogens is 523 g/mol. The Morgan fingerprint density at radius 1 is 1.00 bits per heavy atom. The van der Waals surface area contributed by atoms with Crippen molar-refractivity contribution in [2.24, 2.45) is 5.73 Å². The second kappa shape index (κ2) is 10.4. The zero-order valence-corrected chi connectivity index (χ0v) is 22.9. The van der Waals surface area contributed by atoms with E-state index in [9.17, 15) is 22.8 Å². The van der Waals surface area contributed by atoms with E-state index >= 15 is 0 Å². The van der Waals surface area contributed by atoms with Gasteiger partial charge in [-0.2, -0.15) is 13.2 Å². The summed E-state index contributed by atoms with van der Waals surface area (Å²) in [6, 6.07) is 11.5. The highest BCUT2D eigenvalue weighted by Crippen LogP contribution is 2.53. The number of nitrogens with two attached hydrogens (primary N) is 1. The number of halogens is 3. The van der Waals surface area contributed by atoms with E-state index in [0.29, 0.717) is 31.2 Å². The van der Waals surface area contributed by atoms with Crippen LogP contribution in [0.4, 0.5) is 18.0 Å². The second-order valence-electron chi connectivity index (χ2n) is 12.0. The number of amides is 2. The van der Waals surface area contributed by atoms with Crippen molar-refractivity contribution >= 4 is 12.0 Å². The number of ether oxygens (including phenoxy) is 2. The van der Waals surface area contributed by atoms with Gasteiger partial charge in [0.15, 0.2) is 5.60 Å². The van der Waals surface area contributed by atoms with Gasteiger partial charge in [0.05, 0.1) is 5.60 Å². The minimum Gasteiger partial charge on any atom is -0.449 e. The molecule has 1 aromatic heterocycles. The lowest BCUT2D eigenvalue weighted by atomic mass is 9.70. The normalized spacial score (nSPS) is 28.2. The van der Waals surface area contributed by atoms with Crippen LogP contribution in [0.25, 0.3) is 0 Å². The second-order valence-corrected chi connectivity index (χ2v) is 12.0. The molecule has 7 nitrogen and oxygen atoms in total. The minimum absolute atomic E-state index is 0.0207. The van der Waals surface area contributed by atoms with Crippen LogP contribution in [0.3, 0.4) is 0 Å². The van der Waals surface area contributed by atoms with Crippen LogP contribution in [-0.2, 0) is 20.5 Å². The van der Waals surface area contributed by atoms with Crippen molar-refractivity contribution in [3.8, 4) is 0 Å². The van der Waals surface area contributed by atoms with E-state index in [1.54, 1.807) is 20.0 Å². The average Bonchev–Trinajstić information content (AvgIpc) is 3.70. The molecule has 3 fully saturated rings. The van der Waals surface area contributed by atoms with Gasteiger partial charge in [0.25, 0.3) is 5.91 Å². The summed E-state index contributed by atoms with van der Waals surface area (Å²) in [6.45, 7) is 3.45. The molecule has 0 bridgehead atoms. The molecule has 1 aliphatic heterocycles. The Labute approximate surface area is 232 Å². The van der Waals surface area contributed by atoms with E-state index in [-0.39, 0.29) is 43.0 Å². The molecule has 40 heavy (non-hydrogen) atoms. The van der Waals surface area contributed by atoms with Crippen LogP contribution >= 0.6 is 0 Å². The van der Waals surface area contributed by atoms with Crippen molar-refractivity contribution in [2.75, 3.05) is 6.61 Å². The van der Waals surface area contributed by atoms with Crippen molar-refractivity contribution in [2.45, 2.75) is 100 Å². The van der Waals surface area contributed by atoms with Crippen molar-refractivity contribution in [3.05, 3.63) is 65.5 Å². The van der Waals surface area contributed by atoms with Crippen LogP contribution in [-0.4, -0.2) is 52.4 Å². The molecule has 1 unspecified atom stereocenters. The quantitative estimate of drug-likeness (QED) is 0.449. The number of aromatic nitrogens is 1. The van der Waals surface area contributed by atoms with E-state index in [4.69, 9.17) is 15.2 Å². The lowest BCUT2D eigenvalue weighted by Gasteiger charge is -2.43. The highest BCUT2D eigenvalue weighted by Gasteiger charge is 2.62. The fourth-order valence-corrected chi connectivity index (χ4v) is 6.42. The zero-order chi connectivity index (χ0) is 28.8. The Bertz CT molecular complexity index is 1220. The molecular formula is C30H36F3N3O4. The first-order chi connectivity index (χ1) is 18.9. The van der Waals surface area contributed by atoms with Crippen LogP contribution in [0.1, 0.15) is 86.8 Å². The zero-order valence-electron chi connectivity index (χ0n) is 22.9. The summed E-state index contributed by atoms with van der Waals surface area (Å²) in [5.74, 6) is -0.175. The Balaban J connectivity index is 1.34. The number of carbonyl (C=O) groups excluding carboxylic acids is 2. The van der Waals surface area contributed by atoms with Crippen molar-refractivity contribution in [1.29, 1.82) is 0 Å². The molecule has 216 valence electrons. The molecule has 10 heteroatoms. The molecule has 0 radical (unpaired) electrons. The minimum atomic E-state index is -4.58. The number of hydrogen-bond acceptors (Lipinski definition) is 5. The number of primary amides is 1. The van der Waals surface area contributed by atoms with Gasteiger partial charge in [-0.1, -0.05) is 18.2 Å². The van der Waals surface area contributed by atoms with Gasteiger partial charge in [-0.3, -0.25) is 9.78 Å². The van der Waals surface area contributed by atoms with Gasteiger partial charge in [0.1, 0.15) is 6.61 Å². The lowest BCUT2D eigenvalue weighted by Crippen LogP contribution is -2.48. The first kappa shape index (κ1) is 28.4. The van der Waals surface area contributed by atoms with Crippen molar-refractivity contribution in [1.82, 2.24) is 9.88 Å². The van der Waals surface area contributed by atoms with Crippen LogP contribution in [0.15, 0.2) is 48.7 Å². The Morgan fingerprint density at radius 2 is 1.65 bits per heavy atom. The van der Waals surface area contributed by atoms with Crippen LogP contribution in [0.5, 0.6) is 0 Å². The monoisotopic (exact) mass is 559 g/mol. The summed E-state index contributed by atoms with van der Waals surface area (Å²) in [6.07, 6.45) is 0.876. The van der Waals surface area contributed by atoms with Gasteiger partial charge in [-0.15, -0.1) is 0 Å². The summed E-state index contributed by atoms with van der Waals surface area (Å²) in [5.41, 5.74) is 2.72. The highest BCUT2D eigenvalue weighted by molar-refractivity contribution is 5.95. The fourth-order valence-electron chi connectivity index (χ4n) is 6.42. The van der Waals surface area contributed by atoms with E-state index in [1.807, 2.05) is 23.1 Å². The molecule has 1 saturated heterocycles. The summed E-state index contributed by atoms with van der Waals surface area (Å²) in [5, 5.41) is 0. The van der Waals surface area contributed by atoms with Crippen molar-refractivity contribution in [3.63, 3.8) is 0 Å². The average molecular weight is 560 g/mol. The lowest BCUT2D eigenvalue weighted by molar-refractivity contribution is -0.288. The molecule has 2 aliphatic carbocycles. The van der Waals surface area contributed by atoms with Crippen LogP contribution in [0.2, 0.25) is 0 Å². The first-order valence-corrected chi connectivity index (χ1v) is 13.9. The van der Waals surface area contributed by atoms with Crippen LogP contribution < -0.4 is 5.73 Å². The number of pyridine rings is 1. The molecule has 1 atom stereocenters. The van der Waals surface area contributed by atoms with E-state index in [0.717, 1.165) is 18.5 Å². The number of rotatable bonds is 7. The maximum atomic E-state index is 14.2. The van der Waals surface area contributed by atoms with Crippen LogP contribution in [0, 0.1) is 0 Å². The summed E-state index contributed by atoms with van der Waals surface area (Å²) < 4.78 is 53.5. The number of nitrogens with zero attached hydrogens (tertiary/aromatic N) is 2. The number of alkyl halides is 3. The molecule has 3 aliphatic rings. The first-order valence-electron chi connectivity index (χ1n) is 13.9. The molecule has 2 aromatic rings. The van der Waals surface area contributed by atoms with E-state index < -0.39 is 28.9 Å². The third-order valence-electron chi connectivity index (χ3n) is 8.77. The predicted octanol–water partition coefficient (Wildman–Crippen LogP) is 6.01. The maximum Gasteiger partial charge on any atom is 0.421 e. The molecule has 2 heterocycles. The highest BCUT2D eigenvalue weighted by atomic mass is 19.4. The summed E-state index contributed by atoms with van der Waals surface area (Å²) in [7, 11) is 0. The van der Waals surface area contributed by atoms with Gasteiger partial charge in [0.2, 0.25) is 0 Å². The molecule has 2 amide bonds. The molecule has 0 spiro atoms. The number of carbonyl (C=O) groups is 2.